The van der Waals surface area contributed by atoms with Crippen LogP contribution in [0.3, 0.4) is 0 Å². The molecule has 116 valence electrons. The average Bonchev–Trinajstić information content (AvgIpc) is 3.00. The molecule has 1 N–H and O–H groups in total. The first-order chi connectivity index (χ1) is 11.1. The normalized spacial score (nSPS) is 10.7. The maximum Gasteiger partial charge on any atom is 0.277 e. The average molecular weight is 307 g/mol. The zero-order chi connectivity index (χ0) is 16.2. The van der Waals surface area contributed by atoms with Gasteiger partial charge in [0.05, 0.1) is 11.9 Å². The molecule has 0 unspecified atom stereocenters. The highest BCUT2D eigenvalue weighted by Crippen LogP contribution is 2.24. The summed E-state index contributed by atoms with van der Waals surface area (Å²) < 4.78 is 1.79. The van der Waals surface area contributed by atoms with Crippen LogP contribution in [0.4, 0.5) is 5.82 Å². The molecule has 0 saturated heterocycles. The van der Waals surface area contributed by atoms with E-state index >= 15 is 0 Å². The second-order valence-corrected chi connectivity index (χ2v) is 5.36. The van der Waals surface area contributed by atoms with Crippen molar-refractivity contribution in [3.63, 3.8) is 0 Å². The first-order valence-electron chi connectivity index (χ1n) is 7.37. The third-order valence-corrected chi connectivity index (χ3v) is 3.33. The van der Waals surface area contributed by atoms with Crippen LogP contribution < -0.4 is 5.32 Å². The molecule has 1 amide bonds. The van der Waals surface area contributed by atoms with Crippen molar-refractivity contribution in [1.82, 2.24) is 19.7 Å². The summed E-state index contributed by atoms with van der Waals surface area (Å²) >= 11 is 0. The molecule has 0 saturated carbocycles. The van der Waals surface area contributed by atoms with Crippen molar-refractivity contribution in [2.75, 3.05) is 5.32 Å². The molecule has 0 atom stereocenters. The molecule has 0 aliphatic heterocycles. The van der Waals surface area contributed by atoms with E-state index < -0.39 is 0 Å². The molecule has 0 bridgehead atoms. The van der Waals surface area contributed by atoms with Crippen molar-refractivity contribution >= 4 is 11.7 Å². The fraction of sp³-hybridized carbons (Fsp3) is 0.176. The van der Waals surface area contributed by atoms with Crippen LogP contribution >= 0.6 is 0 Å². The molecule has 2 heterocycles. The quantitative estimate of drug-likeness (QED) is 0.803. The van der Waals surface area contributed by atoms with Gasteiger partial charge < -0.3 is 5.32 Å². The summed E-state index contributed by atoms with van der Waals surface area (Å²) in [6, 6.07) is 11.8. The van der Waals surface area contributed by atoms with E-state index in [0.29, 0.717) is 5.82 Å². The molecular weight excluding hydrogens is 290 g/mol. The Bertz CT molecular complexity index is 796. The predicted octanol–water partition coefficient (Wildman–Crippen LogP) is 3.17. The predicted molar refractivity (Wildman–Crippen MR) is 88.0 cm³/mol. The Labute approximate surface area is 134 Å². The van der Waals surface area contributed by atoms with Gasteiger partial charge in [0.2, 0.25) is 0 Å². The van der Waals surface area contributed by atoms with Gasteiger partial charge in [-0.05, 0) is 13.8 Å². The van der Waals surface area contributed by atoms with E-state index in [0.717, 1.165) is 11.3 Å². The molecule has 0 fully saturated rings. The zero-order valence-corrected chi connectivity index (χ0v) is 13.0. The number of anilines is 1. The lowest BCUT2D eigenvalue weighted by Gasteiger charge is -2.11. The van der Waals surface area contributed by atoms with Crippen LogP contribution in [-0.2, 0) is 0 Å². The van der Waals surface area contributed by atoms with E-state index in [-0.39, 0.29) is 17.6 Å². The minimum atomic E-state index is -0.306. The van der Waals surface area contributed by atoms with Crippen LogP contribution in [0.2, 0.25) is 0 Å². The van der Waals surface area contributed by atoms with Crippen LogP contribution in [0.5, 0.6) is 0 Å². The number of benzene rings is 1. The number of carbonyl (C=O) groups excluding carboxylic acids is 1. The highest BCUT2D eigenvalue weighted by molar-refractivity contribution is 6.02. The molecule has 0 spiro atoms. The Morgan fingerprint density at radius 2 is 1.96 bits per heavy atom. The molecule has 3 aromatic rings. The summed E-state index contributed by atoms with van der Waals surface area (Å²) in [7, 11) is 0. The largest absolute Gasteiger partial charge is 0.305 e. The van der Waals surface area contributed by atoms with Gasteiger partial charge in [0.15, 0.2) is 0 Å². The van der Waals surface area contributed by atoms with E-state index in [1.165, 1.54) is 18.6 Å². The van der Waals surface area contributed by atoms with Crippen molar-refractivity contribution in [1.29, 1.82) is 0 Å². The highest BCUT2D eigenvalue weighted by atomic mass is 16.2. The van der Waals surface area contributed by atoms with Gasteiger partial charge in [0, 0.05) is 30.1 Å². The smallest absolute Gasteiger partial charge is 0.277 e. The number of carbonyl (C=O) groups is 1. The number of nitrogens with one attached hydrogen (secondary N) is 1. The van der Waals surface area contributed by atoms with Gasteiger partial charge in [-0.3, -0.25) is 9.78 Å². The van der Waals surface area contributed by atoms with Gasteiger partial charge in [-0.15, -0.1) is 0 Å². The molecule has 0 aliphatic rings. The van der Waals surface area contributed by atoms with Crippen molar-refractivity contribution < 1.29 is 4.79 Å². The fourth-order valence-electron chi connectivity index (χ4n) is 2.23. The Hall–Kier alpha value is -3.02. The number of amides is 1. The first-order valence-corrected chi connectivity index (χ1v) is 7.37. The monoisotopic (exact) mass is 307 g/mol. The van der Waals surface area contributed by atoms with E-state index in [2.05, 4.69) is 20.4 Å². The van der Waals surface area contributed by atoms with E-state index in [4.69, 9.17) is 0 Å². The van der Waals surface area contributed by atoms with Crippen LogP contribution in [-0.4, -0.2) is 25.7 Å². The number of hydrogen-bond donors (Lipinski definition) is 1. The Kier molecular flexibility index (Phi) is 4.14. The zero-order valence-electron chi connectivity index (χ0n) is 13.0. The fourth-order valence-corrected chi connectivity index (χ4v) is 2.23. The summed E-state index contributed by atoms with van der Waals surface area (Å²) in [4.78, 5) is 20.2. The van der Waals surface area contributed by atoms with E-state index in [9.17, 15) is 4.79 Å². The Balaban J connectivity index is 1.92. The van der Waals surface area contributed by atoms with E-state index in [1.807, 2.05) is 50.2 Å². The second kappa shape index (κ2) is 6.39. The molecule has 2 aromatic heterocycles. The van der Waals surface area contributed by atoms with Crippen LogP contribution in [0.15, 0.2) is 55.0 Å². The molecule has 6 heteroatoms. The standard InChI is InChI=1S/C17H17N5O/c1-12(2)22-16(20-17(23)15-11-18-8-9-19-15)10-14(21-22)13-6-4-3-5-7-13/h3-12H,1-2H3,(H,20,23). The molecule has 0 radical (unpaired) electrons. The van der Waals surface area contributed by atoms with Crippen molar-refractivity contribution in [3.8, 4) is 11.3 Å². The van der Waals surface area contributed by atoms with Gasteiger partial charge in [0.1, 0.15) is 11.5 Å². The summed E-state index contributed by atoms with van der Waals surface area (Å²) in [6.07, 6.45) is 4.45. The van der Waals surface area contributed by atoms with Gasteiger partial charge >= 0.3 is 0 Å². The first kappa shape index (κ1) is 14.9. The SMILES string of the molecule is CC(C)n1nc(-c2ccccc2)cc1NC(=O)c1cnccn1. The Morgan fingerprint density at radius 1 is 1.17 bits per heavy atom. The lowest BCUT2D eigenvalue weighted by Crippen LogP contribution is -2.17. The third kappa shape index (κ3) is 3.26. The summed E-state index contributed by atoms with van der Waals surface area (Å²) in [5.74, 6) is 0.328. The van der Waals surface area contributed by atoms with Crippen LogP contribution in [0, 0.1) is 0 Å². The van der Waals surface area contributed by atoms with Gasteiger partial charge in [-0.1, -0.05) is 30.3 Å². The molecule has 23 heavy (non-hydrogen) atoms. The minimum Gasteiger partial charge on any atom is -0.305 e. The van der Waals surface area contributed by atoms with Gasteiger partial charge in [-0.25, -0.2) is 9.67 Å². The maximum atomic E-state index is 12.3. The minimum absolute atomic E-state index is 0.115. The van der Waals surface area contributed by atoms with Gasteiger partial charge in [-0.2, -0.15) is 5.10 Å². The molecule has 0 aliphatic carbocycles. The number of nitrogens with zero attached hydrogens (tertiary/aromatic N) is 4. The number of aromatic nitrogens is 4. The third-order valence-electron chi connectivity index (χ3n) is 3.33. The van der Waals surface area contributed by atoms with Crippen molar-refractivity contribution in [2.45, 2.75) is 19.9 Å². The van der Waals surface area contributed by atoms with Crippen molar-refractivity contribution in [2.24, 2.45) is 0 Å². The van der Waals surface area contributed by atoms with Crippen LogP contribution in [0.1, 0.15) is 30.4 Å². The Morgan fingerprint density at radius 3 is 2.61 bits per heavy atom. The maximum absolute atomic E-state index is 12.3. The van der Waals surface area contributed by atoms with Gasteiger partial charge in [0.25, 0.3) is 5.91 Å². The second-order valence-electron chi connectivity index (χ2n) is 5.36. The lowest BCUT2D eigenvalue weighted by molar-refractivity contribution is 0.102. The topological polar surface area (TPSA) is 72.7 Å². The van der Waals surface area contributed by atoms with Crippen LogP contribution in [0.25, 0.3) is 11.3 Å². The summed E-state index contributed by atoms with van der Waals surface area (Å²) in [5.41, 5.74) is 2.08. The molecule has 1 aromatic carbocycles. The summed E-state index contributed by atoms with van der Waals surface area (Å²) in [6.45, 7) is 4.03. The number of hydrogen-bond acceptors (Lipinski definition) is 4. The molecular formula is C17H17N5O. The van der Waals surface area contributed by atoms with Crippen molar-refractivity contribution in [3.05, 3.63) is 60.7 Å². The number of rotatable bonds is 4. The lowest BCUT2D eigenvalue weighted by atomic mass is 10.1. The summed E-state index contributed by atoms with van der Waals surface area (Å²) in [5, 5.41) is 7.45. The molecule has 3 rings (SSSR count). The highest BCUT2D eigenvalue weighted by Gasteiger charge is 2.15. The van der Waals surface area contributed by atoms with E-state index in [1.54, 1.807) is 4.68 Å². The molecule has 6 nitrogen and oxygen atoms in total.